The molecule has 0 aliphatic carbocycles. The number of aromatic nitrogens is 3. The summed E-state index contributed by atoms with van der Waals surface area (Å²) in [5.41, 5.74) is 5.20. The van der Waals surface area contributed by atoms with Crippen LogP contribution in [0.15, 0.2) is 47.6 Å². The smallest absolute Gasteiger partial charge is 0.243 e. The molecule has 2 aromatic carbocycles. The van der Waals surface area contributed by atoms with Crippen molar-refractivity contribution in [1.82, 2.24) is 20.1 Å². The third-order valence-electron chi connectivity index (χ3n) is 5.70. The third kappa shape index (κ3) is 6.26. The van der Waals surface area contributed by atoms with Gasteiger partial charge in [-0.2, -0.15) is 0 Å². The molecular weight excluding hydrogens is 446 g/mol. The lowest BCUT2D eigenvalue weighted by molar-refractivity contribution is -0.122. The second-order valence-corrected chi connectivity index (χ2v) is 10.2. The van der Waals surface area contributed by atoms with Gasteiger partial charge in [0.25, 0.3) is 0 Å². The molecule has 2 amide bonds. The minimum absolute atomic E-state index is 0.0844. The van der Waals surface area contributed by atoms with Crippen molar-refractivity contribution in [3.8, 4) is 11.4 Å². The van der Waals surface area contributed by atoms with Crippen LogP contribution in [0.4, 0.5) is 5.69 Å². The molecule has 0 atom stereocenters. The number of anilines is 1. The Labute approximate surface area is 205 Å². The summed E-state index contributed by atoms with van der Waals surface area (Å²) in [6.07, 6.45) is 0. The lowest BCUT2D eigenvalue weighted by atomic mass is 9.87. The van der Waals surface area contributed by atoms with Crippen molar-refractivity contribution in [3.63, 3.8) is 0 Å². The Morgan fingerprint density at radius 2 is 1.71 bits per heavy atom. The third-order valence-corrected chi connectivity index (χ3v) is 6.67. The summed E-state index contributed by atoms with van der Waals surface area (Å²) >= 11 is 1.31. The summed E-state index contributed by atoms with van der Waals surface area (Å²) in [7, 11) is 0. The van der Waals surface area contributed by atoms with E-state index in [9.17, 15) is 9.59 Å². The summed E-state index contributed by atoms with van der Waals surface area (Å²) in [4.78, 5) is 24.6. The van der Waals surface area contributed by atoms with E-state index in [-0.39, 0.29) is 29.5 Å². The van der Waals surface area contributed by atoms with Crippen LogP contribution in [-0.2, 0) is 21.5 Å². The fourth-order valence-corrected chi connectivity index (χ4v) is 4.29. The van der Waals surface area contributed by atoms with Gasteiger partial charge in [0.05, 0.1) is 12.3 Å². The number of rotatable bonds is 8. The van der Waals surface area contributed by atoms with Crippen LogP contribution >= 0.6 is 11.8 Å². The fraction of sp³-hybridized carbons (Fsp3) is 0.385. The number of hydrogen-bond donors (Lipinski definition) is 2. The first-order valence-corrected chi connectivity index (χ1v) is 12.4. The maximum atomic E-state index is 12.3. The highest BCUT2D eigenvalue weighted by atomic mass is 32.2. The molecule has 34 heavy (non-hydrogen) atoms. The van der Waals surface area contributed by atoms with Crippen molar-refractivity contribution in [3.05, 3.63) is 59.2 Å². The summed E-state index contributed by atoms with van der Waals surface area (Å²) in [5, 5.41) is 14.8. The molecule has 3 rings (SSSR count). The number of hydrogen-bond acceptors (Lipinski definition) is 5. The molecule has 0 saturated heterocycles. The molecule has 3 aromatic rings. The van der Waals surface area contributed by atoms with Gasteiger partial charge in [-0.25, -0.2) is 0 Å². The molecule has 0 radical (unpaired) electrons. The van der Waals surface area contributed by atoms with Crippen LogP contribution in [0, 0.1) is 13.8 Å². The van der Waals surface area contributed by atoms with Crippen LogP contribution < -0.4 is 10.6 Å². The zero-order valence-corrected chi connectivity index (χ0v) is 21.5. The monoisotopic (exact) mass is 479 g/mol. The summed E-state index contributed by atoms with van der Waals surface area (Å²) in [6.45, 7) is 13.1. The largest absolute Gasteiger partial charge is 0.346 e. The maximum Gasteiger partial charge on any atom is 0.243 e. The number of nitrogens with zero attached hydrogens (tertiary/aromatic N) is 3. The van der Waals surface area contributed by atoms with Crippen LogP contribution in [0.2, 0.25) is 0 Å². The highest BCUT2D eigenvalue weighted by Gasteiger charge is 2.17. The van der Waals surface area contributed by atoms with Crippen LogP contribution in [0.25, 0.3) is 11.4 Å². The number of benzene rings is 2. The van der Waals surface area contributed by atoms with Gasteiger partial charge in [0.2, 0.25) is 11.8 Å². The number of aryl methyl sites for hydroxylation is 1. The molecule has 0 fully saturated rings. The molecule has 0 aliphatic heterocycles. The minimum atomic E-state index is -0.259. The van der Waals surface area contributed by atoms with Crippen molar-refractivity contribution in [2.45, 2.75) is 58.7 Å². The van der Waals surface area contributed by atoms with E-state index in [1.54, 1.807) is 0 Å². The molecule has 180 valence electrons. The number of thioether (sulfide) groups is 1. The highest BCUT2D eigenvalue weighted by Crippen LogP contribution is 2.27. The van der Waals surface area contributed by atoms with E-state index < -0.39 is 0 Å². The molecule has 0 spiro atoms. The fourth-order valence-electron chi connectivity index (χ4n) is 3.45. The van der Waals surface area contributed by atoms with Crippen LogP contribution in [0.3, 0.4) is 0 Å². The predicted octanol–water partition coefficient (Wildman–Crippen LogP) is 4.73. The van der Waals surface area contributed by atoms with Gasteiger partial charge in [-0.15, -0.1) is 10.2 Å². The first-order chi connectivity index (χ1) is 16.1. The molecule has 0 saturated carbocycles. The number of carbonyl (C=O) groups is 2. The average Bonchev–Trinajstić information content (AvgIpc) is 3.21. The molecule has 2 N–H and O–H groups in total. The second-order valence-electron chi connectivity index (χ2n) is 9.24. The summed E-state index contributed by atoms with van der Waals surface area (Å²) < 4.78 is 2.00. The van der Waals surface area contributed by atoms with Gasteiger partial charge in [0.1, 0.15) is 0 Å². The normalized spacial score (nSPS) is 11.4. The van der Waals surface area contributed by atoms with Gasteiger partial charge >= 0.3 is 0 Å². The number of carbonyl (C=O) groups excluding carboxylic acids is 2. The summed E-state index contributed by atoms with van der Waals surface area (Å²) in [6, 6.07) is 14.1. The van der Waals surface area contributed by atoms with Gasteiger partial charge in [-0.05, 0) is 48.9 Å². The summed E-state index contributed by atoms with van der Waals surface area (Å²) in [5.74, 6) is 0.434. The topological polar surface area (TPSA) is 88.9 Å². The van der Waals surface area contributed by atoms with Crippen LogP contribution in [-0.4, -0.2) is 38.9 Å². The zero-order chi connectivity index (χ0) is 24.9. The average molecular weight is 480 g/mol. The Morgan fingerprint density at radius 1 is 1.00 bits per heavy atom. The molecule has 8 heteroatoms. The first-order valence-electron chi connectivity index (χ1n) is 11.4. The first kappa shape index (κ1) is 25.5. The second kappa shape index (κ2) is 10.9. The molecule has 1 heterocycles. The molecule has 0 unspecified atom stereocenters. The predicted molar refractivity (Wildman–Crippen MR) is 138 cm³/mol. The highest BCUT2D eigenvalue weighted by molar-refractivity contribution is 7.99. The lowest BCUT2D eigenvalue weighted by Gasteiger charge is -2.19. The Kier molecular flexibility index (Phi) is 8.15. The SMILES string of the molecule is CCn1c(SCC(=O)NCC(=O)Nc2cccc(C)c2C)nnc1-c1ccc(C(C)(C)C)cc1. The van der Waals surface area contributed by atoms with Gasteiger partial charge in [0, 0.05) is 17.8 Å². The Bertz CT molecular complexity index is 1160. The van der Waals surface area contributed by atoms with Crippen LogP contribution in [0.5, 0.6) is 0 Å². The maximum absolute atomic E-state index is 12.3. The van der Waals surface area contributed by atoms with E-state index in [2.05, 4.69) is 65.9 Å². The molecule has 7 nitrogen and oxygen atoms in total. The van der Waals surface area contributed by atoms with Crippen LogP contribution in [0.1, 0.15) is 44.4 Å². The standard InChI is InChI=1S/C26H33N5O2S/c1-7-31-24(19-11-13-20(14-12-19)26(4,5)6)29-30-25(31)34-16-23(33)27-15-22(32)28-21-10-8-9-17(2)18(21)3/h8-14H,7,15-16H2,1-6H3,(H,27,33)(H,28,32). The Morgan fingerprint density at radius 3 is 2.35 bits per heavy atom. The lowest BCUT2D eigenvalue weighted by Crippen LogP contribution is -2.34. The van der Waals surface area contributed by atoms with Crippen molar-refractivity contribution < 1.29 is 9.59 Å². The van der Waals surface area contributed by atoms with E-state index in [1.165, 1.54) is 17.3 Å². The van der Waals surface area contributed by atoms with E-state index in [1.807, 2.05) is 43.5 Å². The van der Waals surface area contributed by atoms with Crippen molar-refractivity contribution >= 4 is 29.3 Å². The molecule has 1 aromatic heterocycles. The zero-order valence-electron chi connectivity index (χ0n) is 20.7. The van der Waals surface area contributed by atoms with E-state index in [4.69, 9.17) is 0 Å². The van der Waals surface area contributed by atoms with Gasteiger partial charge in [0.15, 0.2) is 11.0 Å². The molecule has 0 aliphatic rings. The minimum Gasteiger partial charge on any atom is -0.346 e. The van der Waals surface area contributed by atoms with E-state index in [0.29, 0.717) is 11.7 Å². The Hall–Kier alpha value is -3.13. The van der Waals surface area contributed by atoms with Gasteiger partial charge < -0.3 is 15.2 Å². The van der Waals surface area contributed by atoms with E-state index >= 15 is 0 Å². The van der Waals surface area contributed by atoms with Gasteiger partial charge in [-0.3, -0.25) is 9.59 Å². The van der Waals surface area contributed by atoms with Gasteiger partial charge in [-0.1, -0.05) is 68.9 Å². The number of nitrogens with one attached hydrogen (secondary N) is 2. The van der Waals surface area contributed by atoms with E-state index in [0.717, 1.165) is 28.2 Å². The Balaban J connectivity index is 1.56. The quantitative estimate of drug-likeness (QED) is 0.456. The van der Waals surface area contributed by atoms with Crippen molar-refractivity contribution in [1.29, 1.82) is 0 Å². The van der Waals surface area contributed by atoms with Crippen molar-refractivity contribution in [2.75, 3.05) is 17.6 Å². The number of amides is 2. The molecular formula is C26H33N5O2S. The van der Waals surface area contributed by atoms with Crippen molar-refractivity contribution in [2.24, 2.45) is 0 Å². The molecule has 0 bridgehead atoms.